The molecule has 1 aromatic carbocycles. The van der Waals surface area contributed by atoms with Gasteiger partial charge in [0.2, 0.25) is 5.91 Å². The molecule has 0 unspecified atom stereocenters. The molecule has 0 fully saturated rings. The Bertz CT molecular complexity index is 353. The Labute approximate surface area is 87.9 Å². The highest BCUT2D eigenvalue weighted by atomic mass is 16.5. The molecule has 0 saturated carbocycles. The second-order valence-corrected chi connectivity index (χ2v) is 2.97. The lowest BCUT2D eigenvalue weighted by atomic mass is 10.2. The molecule has 1 amide bonds. The summed E-state index contributed by atoms with van der Waals surface area (Å²) in [7, 11) is 1.51. The Morgan fingerprint density at radius 2 is 2.33 bits per heavy atom. The van der Waals surface area contributed by atoms with Gasteiger partial charge in [-0.05, 0) is 12.1 Å². The van der Waals surface area contributed by atoms with Gasteiger partial charge in [0, 0.05) is 19.0 Å². The number of carbonyl (C=O) groups is 1. The number of nitrogens with one attached hydrogen (secondary N) is 1. The van der Waals surface area contributed by atoms with Crippen molar-refractivity contribution in [2.45, 2.75) is 6.42 Å². The minimum Gasteiger partial charge on any atom is -0.506 e. The van der Waals surface area contributed by atoms with E-state index >= 15 is 0 Å². The van der Waals surface area contributed by atoms with Crippen LogP contribution in [-0.4, -0.2) is 24.7 Å². The summed E-state index contributed by atoms with van der Waals surface area (Å²) in [5.74, 6) is 0.332. The van der Waals surface area contributed by atoms with Crippen molar-refractivity contribution in [1.82, 2.24) is 0 Å². The molecule has 1 rings (SSSR count). The fraction of sp³-hybridized carbons (Fsp3) is 0.300. The summed E-state index contributed by atoms with van der Waals surface area (Å²) in [4.78, 5) is 11.2. The van der Waals surface area contributed by atoms with Crippen molar-refractivity contribution in [3.8, 4) is 11.5 Å². The van der Waals surface area contributed by atoms with Crippen molar-refractivity contribution >= 4 is 11.6 Å². The molecule has 0 radical (unpaired) electrons. The summed E-state index contributed by atoms with van der Waals surface area (Å²) in [6, 6.07) is 4.61. The molecule has 1 aromatic rings. The predicted octanol–water partition coefficient (Wildman–Crippen LogP) is 0.688. The van der Waals surface area contributed by atoms with Gasteiger partial charge in [0.25, 0.3) is 0 Å². The van der Waals surface area contributed by atoms with Crippen LogP contribution < -0.4 is 15.8 Å². The molecule has 15 heavy (non-hydrogen) atoms. The second kappa shape index (κ2) is 5.21. The van der Waals surface area contributed by atoms with Crippen molar-refractivity contribution in [1.29, 1.82) is 0 Å². The average Bonchev–Trinajstić information content (AvgIpc) is 2.21. The van der Waals surface area contributed by atoms with Crippen LogP contribution in [0.1, 0.15) is 6.42 Å². The molecule has 0 atom stereocenters. The molecule has 82 valence electrons. The number of rotatable bonds is 4. The van der Waals surface area contributed by atoms with Gasteiger partial charge in [-0.1, -0.05) is 0 Å². The monoisotopic (exact) mass is 210 g/mol. The molecule has 4 N–H and O–H groups in total. The topological polar surface area (TPSA) is 84.6 Å². The maximum absolute atomic E-state index is 11.2. The van der Waals surface area contributed by atoms with Gasteiger partial charge < -0.3 is 20.9 Å². The van der Waals surface area contributed by atoms with Gasteiger partial charge in [0.15, 0.2) is 0 Å². The first-order chi connectivity index (χ1) is 7.17. The first-order valence-corrected chi connectivity index (χ1v) is 4.54. The van der Waals surface area contributed by atoms with E-state index in [9.17, 15) is 9.90 Å². The molecule has 0 bridgehead atoms. The van der Waals surface area contributed by atoms with Crippen LogP contribution in [0.25, 0.3) is 0 Å². The van der Waals surface area contributed by atoms with Crippen LogP contribution >= 0.6 is 0 Å². The second-order valence-electron chi connectivity index (χ2n) is 2.97. The standard InChI is InChI=1S/C10H14N2O3/c1-15-7-2-3-9(13)8(6-7)12-10(14)4-5-11/h2-3,6,13H,4-5,11H2,1H3,(H,12,14). The molecule has 0 aliphatic heterocycles. The van der Waals surface area contributed by atoms with Gasteiger partial charge in [-0.2, -0.15) is 0 Å². The van der Waals surface area contributed by atoms with E-state index in [1.807, 2.05) is 0 Å². The normalized spacial score (nSPS) is 9.73. The van der Waals surface area contributed by atoms with E-state index in [0.717, 1.165) is 0 Å². The zero-order valence-electron chi connectivity index (χ0n) is 8.49. The van der Waals surface area contributed by atoms with Gasteiger partial charge in [-0.3, -0.25) is 4.79 Å². The first kappa shape index (κ1) is 11.3. The summed E-state index contributed by atoms with van der Waals surface area (Å²) in [6.45, 7) is 0.274. The minimum atomic E-state index is -0.235. The zero-order valence-corrected chi connectivity index (χ0v) is 8.49. The number of hydrogen-bond donors (Lipinski definition) is 3. The summed E-state index contributed by atoms with van der Waals surface area (Å²) >= 11 is 0. The Morgan fingerprint density at radius 3 is 2.93 bits per heavy atom. The van der Waals surface area contributed by atoms with E-state index in [2.05, 4.69) is 5.32 Å². The van der Waals surface area contributed by atoms with Crippen LogP contribution in [-0.2, 0) is 4.79 Å². The van der Waals surface area contributed by atoms with E-state index < -0.39 is 0 Å². The van der Waals surface area contributed by atoms with Crippen LogP contribution in [0.3, 0.4) is 0 Å². The fourth-order valence-corrected chi connectivity index (χ4v) is 1.09. The lowest BCUT2D eigenvalue weighted by Gasteiger charge is -2.08. The molecule has 0 aliphatic rings. The number of aromatic hydroxyl groups is 1. The minimum absolute atomic E-state index is 0.00108. The highest BCUT2D eigenvalue weighted by Gasteiger charge is 2.06. The quantitative estimate of drug-likeness (QED) is 0.638. The number of ether oxygens (including phenoxy) is 1. The third kappa shape index (κ3) is 3.14. The van der Waals surface area contributed by atoms with Crippen LogP contribution in [0.2, 0.25) is 0 Å². The van der Waals surface area contributed by atoms with E-state index in [-0.39, 0.29) is 24.6 Å². The Kier molecular flexibility index (Phi) is 3.93. The Morgan fingerprint density at radius 1 is 1.60 bits per heavy atom. The van der Waals surface area contributed by atoms with Gasteiger partial charge in [0.1, 0.15) is 11.5 Å². The van der Waals surface area contributed by atoms with Crippen LogP contribution in [0.15, 0.2) is 18.2 Å². The molecule has 5 heteroatoms. The third-order valence-corrected chi connectivity index (χ3v) is 1.85. The molecule has 0 heterocycles. The molecule has 0 spiro atoms. The smallest absolute Gasteiger partial charge is 0.225 e. The predicted molar refractivity (Wildman–Crippen MR) is 57.0 cm³/mol. The highest BCUT2D eigenvalue weighted by molar-refractivity contribution is 5.92. The van der Waals surface area contributed by atoms with Crippen LogP contribution in [0, 0.1) is 0 Å². The molecule has 5 nitrogen and oxygen atoms in total. The Hall–Kier alpha value is -1.75. The largest absolute Gasteiger partial charge is 0.506 e. The van der Waals surface area contributed by atoms with Crippen LogP contribution in [0.4, 0.5) is 5.69 Å². The maximum Gasteiger partial charge on any atom is 0.225 e. The van der Waals surface area contributed by atoms with Gasteiger partial charge in [-0.25, -0.2) is 0 Å². The van der Waals surface area contributed by atoms with Gasteiger partial charge in [-0.15, -0.1) is 0 Å². The SMILES string of the molecule is COc1ccc(O)c(NC(=O)CCN)c1. The number of phenols is 1. The first-order valence-electron chi connectivity index (χ1n) is 4.54. The number of anilines is 1. The van der Waals surface area contributed by atoms with Crippen molar-refractivity contribution in [2.75, 3.05) is 19.0 Å². The number of phenolic OH excluding ortho intramolecular Hbond substituents is 1. The third-order valence-electron chi connectivity index (χ3n) is 1.85. The molecule has 0 saturated heterocycles. The average molecular weight is 210 g/mol. The van der Waals surface area contributed by atoms with Crippen molar-refractivity contribution in [3.63, 3.8) is 0 Å². The van der Waals surface area contributed by atoms with Crippen LogP contribution in [0.5, 0.6) is 11.5 Å². The number of methoxy groups -OCH3 is 1. The summed E-state index contributed by atoms with van der Waals surface area (Å²) in [6.07, 6.45) is 0.219. The highest BCUT2D eigenvalue weighted by Crippen LogP contribution is 2.27. The van der Waals surface area contributed by atoms with Crippen molar-refractivity contribution in [2.24, 2.45) is 5.73 Å². The molecule has 0 aromatic heterocycles. The summed E-state index contributed by atoms with van der Waals surface area (Å²) in [5, 5.41) is 12.0. The fourth-order valence-electron chi connectivity index (χ4n) is 1.09. The van der Waals surface area contributed by atoms with Gasteiger partial charge in [0.05, 0.1) is 12.8 Å². The number of amides is 1. The van der Waals surface area contributed by atoms with E-state index in [0.29, 0.717) is 11.4 Å². The van der Waals surface area contributed by atoms with E-state index in [1.165, 1.54) is 13.2 Å². The van der Waals surface area contributed by atoms with Crippen molar-refractivity contribution < 1.29 is 14.6 Å². The number of carbonyl (C=O) groups excluding carboxylic acids is 1. The number of benzene rings is 1. The lowest BCUT2D eigenvalue weighted by molar-refractivity contribution is -0.116. The summed E-state index contributed by atoms with van der Waals surface area (Å²) in [5.41, 5.74) is 5.56. The Balaban J connectivity index is 2.79. The molecule has 0 aliphatic carbocycles. The van der Waals surface area contributed by atoms with E-state index in [1.54, 1.807) is 12.1 Å². The molecular formula is C10H14N2O3. The number of hydrogen-bond acceptors (Lipinski definition) is 4. The zero-order chi connectivity index (χ0) is 11.3. The maximum atomic E-state index is 11.2. The number of nitrogens with two attached hydrogens (primary N) is 1. The summed E-state index contributed by atoms with van der Waals surface area (Å²) < 4.78 is 4.96. The molecular weight excluding hydrogens is 196 g/mol. The van der Waals surface area contributed by atoms with Crippen molar-refractivity contribution in [3.05, 3.63) is 18.2 Å². The van der Waals surface area contributed by atoms with Gasteiger partial charge >= 0.3 is 0 Å². The lowest BCUT2D eigenvalue weighted by Crippen LogP contribution is -2.16. The van der Waals surface area contributed by atoms with E-state index in [4.69, 9.17) is 10.5 Å².